The third kappa shape index (κ3) is 14.3. The van der Waals surface area contributed by atoms with E-state index in [0.717, 1.165) is 58.0 Å². The van der Waals surface area contributed by atoms with E-state index < -0.39 is 0 Å². The van der Waals surface area contributed by atoms with Crippen molar-refractivity contribution in [3.8, 4) is 0 Å². The highest BCUT2D eigenvalue weighted by Gasteiger charge is 2.14. The lowest BCUT2D eigenvalue weighted by Gasteiger charge is -2.19. The van der Waals surface area contributed by atoms with Gasteiger partial charge in [-0.05, 0) is 50.9 Å². The van der Waals surface area contributed by atoms with Crippen LogP contribution in [0.1, 0.15) is 112 Å². The van der Waals surface area contributed by atoms with E-state index in [0.29, 0.717) is 18.4 Å². The van der Waals surface area contributed by atoms with Crippen molar-refractivity contribution in [3.05, 3.63) is 0 Å². The van der Waals surface area contributed by atoms with Crippen LogP contribution in [0.2, 0.25) is 0 Å². The van der Waals surface area contributed by atoms with Crippen LogP contribution in [-0.2, 0) is 14.3 Å². The summed E-state index contributed by atoms with van der Waals surface area (Å²) in [5, 5.41) is 0. The number of rotatable bonds is 17. The van der Waals surface area contributed by atoms with Crippen LogP contribution in [0.15, 0.2) is 0 Å². The number of carbonyl (C=O) groups is 1. The molecule has 0 fully saturated rings. The Labute approximate surface area is 157 Å². The molecule has 0 amide bonds. The summed E-state index contributed by atoms with van der Waals surface area (Å²) in [4.78, 5) is 11.9. The van der Waals surface area contributed by atoms with E-state index >= 15 is 0 Å². The molecule has 150 valence electrons. The standard InChI is InChI=1S/C22H44O3/c1-6-10-11-12-13-17-22(23)25-21(9-4)16-14-15-19(5)18-24-20(7-2)8-3/h19-21H,6-18H2,1-5H3. The molecule has 3 heteroatoms. The predicted molar refractivity (Wildman–Crippen MR) is 107 cm³/mol. The highest BCUT2D eigenvalue weighted by molar-refractivity contribution is 5.69. The molecule has 0 spiro atoms. The zero-order valence-electron chi connectivity index (χ0n) is 17.6. The van der Waals surface area contributed by atoms with E-state index in [4.69, 9.17) is 9.47 Å². The van der Waals surface area contributed by atoms with E-state index in [9.17, 15) is 4.79 Å². The maximum absolute atomic E-state index is 11.9. The Morgan fingerprint density at radius 3 is 2.04 bits per heavy atom. The Morgan fingerprint density at radius 1 is 0.800 bits per heavy atom. The number of carbonyl (C=O) groups excluding carboxylic acids is 1. The SMILES string of the molecule is CCCCCCCC(=O)OC(CC)CCCC(C)COC(CC)CC. The quantitative estimate of drug-likeness (QED) is 0.215. The lowest BCUT2D eigenvalue weighted by Crippen LogP contribution is -2.18. The first-order chi connectivity index (χ1) is 12.1. The summed E-state index contributed by atoms with van der Waals surface area (Å²) in [6.07, 6.45) is 13.3. The molecular weight excluding hydrogens is 312 g/mol. The average Bonchev–Trinajstić information content (AvgIpc) is 2.61. The predicted octanol–water partition coefficient (Wildman–Crippen LogP) is 6.68. The molecule has 0 aliphatic heterocycles. The van der Waals surface area contributed by atoms with E-state index in [-0.39, 0.29) is 12.1 Å². The smallest absolute Gasteiger partial charge is 0.306 e. The van der Waals surface area contributed by atoms with Crippen LogP contribution >= 0.6 is 0 Å². The second kappa shape index (κ2) is 16.9. The van der Waals surface area contributed by atoms with Gasteiger partial charge < -0.3 is 9.47 Å². The molecule has 2 atom stereocenters. The molecule has 0 aromatic heterocycles. The van der Waals surface area contributed by atoms with Crippen molar-refractivity contribution >= 4 is 5.97 Å². The molecule has 0 aromatic carbocycles. The molecule has 0 rings (SSSR count). The summed E-state index contributed by atoms with van der Waals surface area (Å²) in [5.74, 6) is 0.570. The number of unbranched alkanes of at least 4 members (excludes halogenated alkanes) is 4. The van der Waals surface area contributed by atoms with Gasteiger partial charge >= 0.3 is 5.97 Å². The minimum absolute atomic E-state index is 0.00605. The van der Waals surface area contributed by atoms with Crippen molar-refractivity contribution in [3.63, 3.8) is 0 Å². The molecule has 25 heavy (non-hydrogen) atoms. The minimum atomic E-state index is -0.00605. The largest absolute Gasteiger partial charge is 0.462 e. The number of ether oxygens (including phenoxy) is 2. The summed E-state index contributed by atoms with van der Waals surface area (Å²) < 4.78 is 11.6. The first kappa shape index (κ1) is 24.4. The van der Waals surface area contributed by atoms with Gasteiger partial charge in [-0.2, -0.15) is 0 Å². The third-order valence-corrected chi connectivity index (χ3v) is 4.99. The van der Waals surface area contributed by atoms with Crippen LogP contribution in [-0.4, -0.2) is 24.8 Å². The van der Waals surface area contributed by atoms with Crippen LogP contribution in [0.3, 0.4) is 0 Å². The van der Waals surface area contributed by atoms with Gasteiger partial charge in [-0.15, -0.1) is 0 Å². The van der Waals surface area contributed by atoms with Crippen molar-refractivity contribution in [2.75, 3.05) is 6.61 Å². The Morgan fingerprint density at radius 2 is 1.44 bits per heavy atom. The van der Waals surface area contributed by atoms with E-state index in [1.807, 2.05) is 0 Å². The van der Waals surface area contributed by atoms with Crippen molar-refractivity contribution in [2.24, 2.45) is 5.92 Å². The van der Waals surface area contributed by atoms with E-state index in [1.54, 1.807) is 0 Å². The molecule has 0 aliphatic carbocycles. The molecule has 0 N–H and O–H groups in total. The van der Waals surface area contributed by atoms with Gasteiger partial charge in [0.1, 0.15) is 6.10 Å². The Bertz CT molecular complexity index is 300. The van der Waals surface area contributed by atoms with Crippen molar-refractivity contribution in [1.82, 2.24) is 0 Å². The van der Waals surface area contributed by atoms with Crippen LogP contribution in [0.4, 0.5) is 0 Å². The number of hydrogen-bond donors (Lipinski definition) is 0. The van der Waals surface area contributed by atoms with Crippen LogP contribution in [0, 0.1) is 5.92 Å². The monoisotopic (exact) mass is 356 g/mol. The molecule has 0 aliphatic rings. The van der Waals surface area contributed by atoms with Gasteiger partial charge in [-0.3, -0.25) is 4.79 Å². The summed E-state index contributed by atoms with van der Waals surface area (Å²) in [6, 6.07) is 0. The van der Waals surface area contributed by atoms with Gasteiger partial charge in [0.25, 0.3) is 0 Å². The Hall–Kier alpha value is -0.570. The van der Waals surface area contributed by atoms with Gasteiger partial charge in [0, 0.05) is 13.0 Å². The zero-order valence-corrected chi connectivity index (χ0v) is 17.6. The molecular formula is C22H44O3. The zero-order chi connectivity index (χ0) is 18.9. The third-order valence-electron chi connectivity index (χ3n) is 4.99. The summed E-state index contributed by atoms with van der Waals surface area (Å²) in [5.41, 5.74) is 0. The lowest BCUT2D eigenvalue weighted by molar-refractivity contribution is -0.149. The van der Waals surface area contributed by atoms with E-state index in [1.165, 1.54) is 19.3 Å². The second-order valence-corrected chi connectivity index (χ2v) is 7.49. The summed E-state index contributed by atoms with van der Waals surface area (Å²) in [6.45, 7) is 11.8. The maximum atomic E-state index is 11.9. The normalized spacial score (nSPS) is 13.8. The molecule has 0 saturated heterocycles. The van der Waals surface area contributed by atoms with Gasteiger partial charge in [-0.1, -0.05) is 60.3 Å². The summed E-state index contributed by atoms with van der Waals surface area (Å²) in [7, 11) is 0. The molecule has 0 heterocycles. The van der Waals surface area contributed by atoms with Crippen molar-refractivity contribution in [2.45, 2.75) is 124 Å². The van der Waals surface area contributed by atoms with Gasteiger partial charge in [0.15, 0.2) is 0 Å². The molecule has 3 nitrogen and oxygen atoms in total. The van der Waals surface area contributed by atoms with Crippen molar-refractivity contribution in [1.29, 1.82) is 0 Å². The first-order valence-corrected chi connectivity index (χ1v) is 10.9. The minimum Gasteiger partial charge on any atom is -0.462 e. The average molecular weight is 357 g/mol. The fourth-order valence-corrected chi connectivity index (χ4v) is 3.07. The summed E-state index contributed by atoms with van der Waals surface area (Å²) >= 11 is 0. The number of hydrogen-bond acceptors (Lipinski definition) is 3. The topological polar surface area (TPSA) is 35.5 Å². The molecule has 0 radical (unpaired) electrons. The van der Waals surface area contributed by atoms with Gasteiger partial charge in [0.2, 0.25) is 0 Å². The molecule has 0 bridgehead atoms. The first-order valence-electron chi connectivity index (χ1n) is 10.9. The van der Waals surface area contributed by atoms with Crippen molar-refractivity contribution < 1.29 is 14.3 Å². The van der Waals surface area contributed by atoms with Gasteiger partial charge in [0.05, 0.1) is 6.10 Å². The van der Waals surface area contributed by atoms with Crippen LogP contribution < -0.4 is 0 Å². The Balaban J connectivity index is 3.80. The van der Waals surface area contributed by atoms with Gasteiger partial charge in [-0.25, -0.2) is 0 Å². The molecule has 2 unspecified atom stereocenters. The lowest BCUT2D eigenvalue weighted by atomic mass is 10.0. The highest BCUT2D eigenvalue weighted by Crippen LogP contribution is 2.16. The van der Waals surface area contributed by atoms with Crippen LogP contribution in [0.5, 0.6) is 0 Å². The second-order valence-electron chi connectivity index (χ2n) is 7.49. The van der Waals surface area contributed by atoms with Crippen LogP contribution in [0.25, 0.3) is 0 Å². The molecule has 0 saturated carbocycles. The maximum Gasteiger partial charge on any atom is 0.306 e. The Kier molecular flexibility index (Phi) is 16.5. The van der Waals surface area contributed by atoms with E-state index in [2.05, 4.69) is 34.6 Å². The fraction of sp³-hybridized carbons (Fsp3) is 0.955. The highest BCUT2D eigenvalue weighted by atomic mass is 16.5. The number of esters is 1. The fourth-order valence-electron chi connectivity index (χ4n) is 3.07. The molecule has 0 aromatic rings.